The van der Waals surface area contributed by atoms with E-state index in [1.807, 2.05) is 43.3 Å². The van der Waals surface area contributed by atoms with Crippen LogP contribution in [0.2, 0.25) is 0 Å². The summed E-state index contributed by atoms with van der Waals surface area (Å²) in [5, 5.41) is 0. The summed E-state index contributed by atoms with van der Waals surface area (Å²) in [6.45, 7) is 5.53. The van der Waals surface area contributed by atoms with Crippen molar-refractivity contribution < 1.29 is 4.74 Å². The minimum Gasteiger partial charge on any atom is -0.493 e. The molecular formula is C17H22N2O2. The molecule has 0 atom stereocenters. The summed E-state index contributed by atoms with van der Waals surface area (Å²) in [7, 11) is 0. The van der Waals surface area contributed by atoms with Gasteiger partial charge in [-0.1, -0.05) is 25.1 Å². The summed E-state index contributed by atoms with van der Waals surface area (Å²) in [5.74, 6) is 0.796. The smallest absolute Gasteiger partial charge is 0.255 e. The maximum Gasteiger partial charge on any atom is 0.255 e. The number of rotatable bonds is 6. The number of benzene rings is 1. The van der Waals surface area contributed by atoms with Gasteiger partial charge < -0.3 is 15.0 Å². The van der Waals surface area contributed by atoms with Gasteiger partial charge in [0.25, 0.3) is 5.56 Å². The highest BCUT2D eigenvalue weighted by molar-refractivity contribution is 5.67. The average molecular weight is 286 g/mol. The lowest BCUT2D eigenvalue weighted by molar-refractivity contribution is 0.341. The Bertz CT molecular complexity index is 662. The van der Waals surface area contributed by atoms with Crippen LogP contribution >= 0.6 is 0 Å². The highest BCUT2D eigenvalue weighted by Crippen LogP contribution is 2.29. The molecule has 2 rings (SSSR count). The molecule has 0 amide bonds. The van der Waals surface area contributed by atoms with E-state index < -0.39 is 0 Å². The fraction of sp³-hybridized carbons (Fsp3) is 0.353. The van der Waals surface area contributed by atoms with E-state index in [0.29, 0.717) is 18.7 Å². The Labute approximate surface area is 125 Å². The molecule has 1 aromatic carbocycles. The van der Waals surface area contributed by atoms with Crippen LogP contribution in [0.1, 0.15) is 25.8 Å². The van der Waals surface area contributed by atoms with Crippen molar-refractivity contribution in [3.63, 3.8) is 0 Å². The molecule has 1 heterocycles. The molecular weight excluding hydrogens is 264 g/mol. The first-order valence-corrected chi connectivity index (χ1v) is 7.37. The second kappa shape index (κ2) is 7.09. The normalized spacial score (nSPS) is 10.6. The molecule has 0 bridgehead atoms. The number of nitrogens with two attached hydrogens (primary N) is 1. The molecule has 0 radical (unpaired) electrons. The largest absolute Gasteiger partial charge is 0.493 e. The van der Waals surface area contributed by atoms with Gasteiger partial charge in [-0.25, -0.2) is 0 Å². The highest BCUT2D eigenvalue weighted by Gasteiger charge is 2.12. The molecule has 2 N–H and O–H groups in total. The van der Waals surface area contributed by atoms with Gasteiger partial charge >= 0.3 is 0 Å². The zero-order valence-corrected chi connectivity index (χ0v) is 12.6. The molecule has 4 heteroatoms. The Hall–Kier alpha value is -2.07. The Kier molecular flexibility index (Phi) is 5.17. The van der Waals surface area contributed by atoms with E-state index in [-0.39, 0.29) is 12.1 Å². The van der Waals surface area contributed by atoms with E-state index in [2.05, 4.69) is 6.92 Å². The SMILES string of the molecule is CCCn1c(-c2ccccc2OCC)ccc(CN)c1=O. The molecule has 112 valence electrons. The van der Waals surface area contributed by atoms with E-state index >= 15 is 0 Å². The van der Waals surface area contributed by atoms with Gasteiger partial charge in [0.2, 0.25) is 0 Å². The van der Waals surface area contributed by atoms with Gasteiger partial charge in [-0.3, -0.25) is 4.79 Å². The Morgan fingerprint density at radius 3 is 2.57 bits per heavy atom. The van der Waals surface area contributed by atoms with Crippen LogP contribution in [0.3, 0.4) is 0 Å². The van der Waals surface area contributed by atoms with Crippen molar-refractivity contribution in [2.45, 2.75) is 33.4 Å². The Morgan fingerprint density at radius 2 is 1.90 bits per heavy atom. The number of pyridine rings is 1. The minimum absolute atomic E-state index is 0.0110. The van der Waals surface area contributed by atoms with Crippen molar-refractivity contribution in [1.29, 1.82) is 0 Å². The molecule has 0 unspecified atom stereocenters. The number of aromatic nitrogens is 1. The van der Waals surface area contributed by atoms with Crippen molar-refractivity contribution in [3.8, 4) is 17.0 Å². The van der Waals surface area contributed by atoms with Gasteiger partial charge in [0.1, 0.15) is 5.75 Å². The first-order valence-electron chi connectivity index (χ1n) is 7.37. The maximum absolute atomic E-state index is 12.5. The molecule has 0 saturated heterocycles. The van der Waals surface area contributed by atoms with E-state index in [4.69, 9.17) is 10.5 Å². The van der Waals surface area contributed by atoms with Gasteiger partial charge in [0.15, 0.2) is 0 Å². The summed E-state index contributed by atoms with van der Waals surface area (Å²) in [6.07, 6.45) is 0.887. The van der Waals surface area contributed by atoms with Crippen LogP contribution in [0.4, 0.5) is 0 Å². The molecule has 21 heavy (non-hydrogen) atoms. The Balaban J connectivity index is 2.63. The number of nitrogens with zero attached hydrogens (tertiary/aromatic N) is 1. The predicted molar refractivity (Wildman–Crippen MR) is 85.5 cm³/mol. The molecule has 0 fully saturated rings. The van der Waals surface area contributed by atoms with Gasteiger partial charge in [0.05, 0.1) is 12.3 Å². The van der Waals surface area contributed by atoms with Crippen molar-refractivity contribution >= 4 is 0 Å². The second-order valence-corrected chi connectivity index (χ2v) is 4.83. The Morgan fingerprint density at radius 1 is 1.14 bits per heavy atom. The van der Waals surface area contributed by atoms with Crippen molar-refractivity contribution in [3.05, 3.63) is 52.3 Å². The highest BCUT2D eigenvalue weighted by atomic mass is 16.5. The van der Waals surface area contributed by atoms with Crippen LogP contribution in [0, 0.1) is 0 Å². The number of hydrogen-bond acceptors (Lipinski definition) is 3. The lowest BCUT2D eigenvalue weighted by atomic mass is 10.1. The average Bonchev–Trinajstić information content (AvgIpc) is 2.50. The van der Waals surface area contributed by atoms with Crippen molar-refractivity contribution in [1.82, 2.24) is 4.57 Å². The van der Waals surface area contributed by atoms with Gasteiger partial charge in [0, 0.05) is 24.2 Å². The number of ether oxygens (including phenoxy) is 1. The van der Waals surface area contributed by atoms with Gasteiger partial charge in [-0.05, 0) is 31.5 Å². The van der Waals surface area contributed by atoms with Crippen LogP contribution < -0.4 is 16.0 Å². The van der Waals surface area contributed by atoms with Crippen LogP contribution in [-0.2, 0) is 13.1 Å². The van der Waals surface area contributed by atoms with Gasteiger partial charge in [-0.2, -0.15) is 0 Å². The third-order valence-corrected chi connectivity index (χ3v) is 3.38. The lowest BCUT2D eigenvalue weighted by Gasteiger charge is -2.16. The van der Waals surface area contributed by atoms with Crippen LogP contribution in [-0.4, -0.2) is 11.2 Å². The molecule has 2 aromatic rings. The fourth-order valence-electron chi connectivity index (χ4n) is 2.42. The minimum atomic E-state index is -0.0110. The first-order chi connectivity index (χ1) is 10.2. The first kappa shape index (κ1) is 15.3. The maximum atomic E-state index is 12.5. The zero-order chi connectivity index (χ0) is 15.2. The summed E-state index contributed by atoms with van der Waals surface area (Å²) in [5.41, 5.74) is 8.09. The summed E-state index contributed by atoms with van der Waals surface area (Å²) < 4.78 is 7.47. The monoisotopic (exact) mass is 286 g/mol. The lowest BCUT2D eigenvalue weighted by Crippen LogP contribution is -2.26. The quantitative estimate of drug-likeness (QED) is 0.888. The van der Waals surface area contributed by atoms with Crippen LogP contribution in [0.5, 0.6) is 5.75 Å². The summed E-state index contributed by atoms with van der Waals surface area (Å²) in [6, 6.07) is 11.6. The van der Waals surface area contributed by atoms with E-state index in [0.717, 1.165) is 23.4 Å². The van der Waals surface area contributed by atoms with E-state index in [9.17, 15) is 4.79 Å². The topological polar surface area (TPSA) is 57.2 Å². The molecule has 0 aliphatic carbocycles. The second-order valence-electron chi connectivity index (χ2n) is 4.83. The van der Waals surface area contributed by atoms with Gasteiger partial charge in [-0.15, -0.1) is 0 Å². The molecule has 0 aliphatic heterocycles. The number of para-hydroxylation sites is 1. The molecule has 0 spiro atoms. The standard InChI is InChI=1S/C17H22N2O2/c1-3-11-19-15(10-9-13(12-18)17(19)20)14-7-5-6-8-16(14)21-4-2/h5-10H,3-4,11-12,18H2,1-2H3. The summed E-state index contributed by atoms with van der Waals surface area (Å²) >= 11 is 0. The summed E-state index contributed by atoms with van der Waals surface area (Å²) in [4.78, 5) is 12.5. The third kappa shape index (κ3) is 3.16. The molecule has 1 aromatic heterocycles. The third-order valence-electron chi connectivity index (χ3n) is 3.38. The molecule has 0 saturated carbocycles. The fourth-order valence-corrected chi connectivity index (χ4v) is 2.42. The van der Waals surface area contributed by atoms with E-state index in [1.54, 1.807) is 4.57 Å². The number of hydrogen-bond donors (Lipinski definition) is 1. The van der Waals surface area contributed by atoms with Crippen LogP contribution in [0.25, 0.3) is 11.3 Å². The van der Waals surface area contributed by atoms with Crippen molar-refractivity contribution in [2.75, 3.05) is 6.61 Å². The predicted octanol–water partition coefficient (Wildman–Crippen LogP) is 2.78. The zero-order valence-electron chi connectivity index (χ0n) is 12.6. The van der Waals surface area contributed by atoms with Crippen molar-refractivity contribution in [2.24, 2.45) is 5.73 Å². The van der Waals surface area contributed by atoms with Crippen LogP contribution in [0.15, 0.2) is 41.2 Å². The van der Waals surface area contributed by atoms with E-state index in [1.165, 1.54) is 0 Å². The molecule has 0 aliphatic rings. The molecule has 4 nitrogen and oxygen atoms in total.